The minimum Gasteiger partial charge on any atom is -0.462 e. The molecule has 3 N–H and O–H groups in total. The lowest BCUT2D eigenvalue weighted by Gasteiger charge is -2.21. The number of aliphatic hydroxyl groups is 1. The van der Waals surface area contributed by atoms with Crippen LogP contribution in [0.4, 0.5) is 0 Å². The predicted octanol–water partition coefficient (Wildman–Crippen LogP) is 23.2. The second kappa shape index (κ2) is 68.2. The maximum absolute atomic E-state index is 13.1. The van der Waals surface area contributed by atoms with Gasteiger partial charge < -0.3 is 33.8 Å². The van der Waals surface area contributed by atoms with Crippen LogP contribution in [0, 0.1) is 23.7 Å². The Kier molecular flexibility index (Phi) is 66.8. The van der Waals surface area contributed by atoms with Crippen molar-refractivity contribution < 1.29 is 80.2 Å². The van der Waals surface area contributed by atoms with Crippen molar-refractivity contribution in [2.75, 3.05) is 39.6 Å². The summed E-state index contributed by atoms with van der Waals surface area (Å²) in [5.74, 6) is 0.968. The molecule has 17 nitrogen and oxygen atoms in total. The first-order valence-corrected chi connectivity index (χ1v) is 43.7. The van der Waals surface area contributed by atoms with Gasteiger partial charge in [0.2, 0.25) is 0 Å². The van der Waals surface area contributed by atoms with Gasteiger partial charge >= 0.3 is 39.5 Å². The van der Waals surface area contributed by atoms with Crippen molar-refractivity contribution in [2.45, 2.75) is 420 Å². The summed E-state index contributed by atoms with van der Waals surface area (Å²) in [6.45, 7) is 14.2. The molecular formula is C79H154O17P2. The summed E-state index contributed by atoms with van der Waals surface area (Å²) < 4.78 is 68.6. The maximum Gasteiger partial charge on any atom is 0.472 e. The first-order valence-electron chi connectivity index (χ1n) is 40.7. The van der Waals surface area contributed by atoms with E-state index < -0.39 is 97.5 Å². The molecule has 0 bridgehead atoms. The van der Waals surface area contributed by atoms with Crippen LogP contribution in [-0.2, 0) is 65.4 Å². The first kappa shape index (κ1) is 96.1. The molecule has 4 unspecified atom stereocenters. The normalized spacial score (nSPS) is 14.3. The van der Waals surface area contributed by atoms with Crippen LogP contribution in [0.3, 0.4) is 0 Å². The standard InChI is InChI=1S/C79H154O17P2/c1-9-72(8)58-50-42-33-27-20-16-13-14-18-22-30-36-46-54-61-78(83)95-74(65-89-76(81)59-51-43-34-28-24-23-26-32-40-48-56-70(4)5)67-93-97(85,86)91-63-73(80)64-92-98(87,88)94-68-75(66-90-77(82)60-52-44-38-37-41-49-57-71(6)7)96-79(84)62-53-45-35-29-21-17-12-10-11-15-19-25-31-39-47-55-69(2)3/h69-75,80H,9-68H2,1-8H3,(H,85,86)(H,87,88)/t72?,73?,74-,75-/m1/s1. The van der Waals surface area contributed by atoms with Gasteiger partial charge in [-0.25, -0.2) is 9.13 Å². The number of rotatable bonds is 76. The van der Waals surface area contributed by atoms with E-state index in [-0.39, 0.29) is 25.7 Å². The zero-order valence-corrected chi connectivity index (χ0v) is 66.2. The van der Waals surface area contributed by atoms with Crippen LogP contribution in [0.2, 0.25) is 0 Å². The number of hydrogen-bond acceptors (Lipinski definition) is 15. The fourth-order valence-electron chi connectivity index (χ4n) is 12.0. The number of esters is 4. The van der Waals surface area contributed by atoms with E-state index in [1.807, 2.05) is 0 Å². The highest BCUT2D eigenvalue weighted by Crippen LogP contribution is 2.45. The first-order chi connectivity index (χ1) is 47.1. The lowest BCUT2D eigenvalue weighted by molar-refractivity contribution is -0.161. The van der Waals surface area contributed by atoms with Crippen molar-refractivity contribution in [3.05, 3.63) is 0 Å². The molecular weight excluding hydrogens is 1280 g/mol. The van der Waals surface area contributed by atoms with Crippen molar-refractivity contribution in [1.29, 1.82) is 0 Å². The Balaban J connectivity index is 5.22. The summed E-state index contributed by atoms with van der Waals surface area (Å²) in [5, 5.41) is 10.6. The molecule has 0 aliphatic carbocycles. The molecule has 0 aliphatic rings. The van der Waals surface area contributed by atoms with Crippen LogP contribution in [0.5, 0.6) is 0 Å². The molecule has 0 heterocycles. The zero-order chi connectivity index (χ0) is 72.4. The Bertz CT molecular complexity index is 1920. The average Bonchev–Trinajstić information content (AvgIpc) is 1.01. The van der Waals surface area contributed by atoms with Crippen LogP contribution in [-0.4, -0.2) is 96.7 Å². The second-order valence-electron chi connectivity index (χ2n) is 30.1. The van der Waals surface area contributed by atoms with Gasteiger partial charge in [-0.1, -0.05) is 351 Å². The van der Waals surface area contributed by atoms with Gasteiger partial charge in [0, 0.05) is 25.7 Å². The summed E-state index contributed by atoms with van der Waals surface area (Å²) in [4.78, 5) is 72.9. The topological polar surface area (TPSA) is 237 Å². The van der Waals surface area contributed by atoms with E-state index in [4.69, 9.17) is 37.0 Å². The number of carbonyl (C=O) groups excluding carboxylic acids is 4. The van der Waals surface area contributed by atoms with Crippen molar-refractivity contribution >= 4 is 39.5 Å². The average molecular weight is 1440 g/mol. The highest BCUT2D eigenvalue weighted by molar-refractivity contribution is 7.47. The number of ether oxygens (including phenoxy) is 4. The molecule has 0 fully saturated rings. The molecule has 0 spiro atoms. The molecule has 0 aromatic heterocycles. The number of phosphoric ester groups is 2. The molecule has 0 rings (SSSR count). The Hall–Kier alpha value is -1.94. The Morgan fingerprint density at radius 2 is 0.490 bits per heavy atom. The van der Waals surface area contributed by atoms with Gasteiger partial charge in [-0.15, -0.1) is 0 Å². The van der Waals surface area contributed by atoms with Crippen LogP contribution < -0.4 is 0 Å². The van der Waals surface area contributed by atoms with Gasteiger partial charge in [-0.3, -0.25) is 37.3 Å². The molecule has 0 aromatic rings. The largest absolute Gasteiger partial charge is 0.472 e. The molecule has 0 aliphatic heterocycles. The number of carbonyl (C=O) groups is 4. The highest BCUT2D eigenvalue weighted by atomic mass is 31.2. The third-order valence-corrected chi connectivity index (χ3v) is 20.6. The summed E-state index contributed by atoms with van der Waals surface area (Å²) in [5.41, 5.74) is 0. The quantitative estimate of drug-likeness (QED) is 0.0222. The molecule has 0 amide bonds. The fourth-order valence-corrected chi connectivity index (χ4v) is 13.6. The van der Waals surface area contributed by atoms with E-state index in [9.17, 15) is 43.2 Å². The van der Waals surface area contributed by atoms with Crippen molar-refractivity contribution in [3.8, 4) is 0 Å². The van der Waals surface area contributed by atoms with Crippen LogP contribution in [0.1, 0.15) is 402 Å². The van der Waals surface area contributed by atoms with Gasteiger partial charge in [0.05, 0.1) is 26.4 Å². The van der Waals surface area contributed by atoms with Gasteiger partial charge in [-0.05, 0) is 49.4 Å². The third kappa shape index (κ3) is 71.1. The highest BCUT2D eigenvalue weighted by Gasteiger charge is 2.30. The van der Waals surface area contributed by atoms with Gasteiger partial charge in [0.25, 0.3) is 0 Å². The predicted molar refractivity (Wildman–Crippen MR) is 400 cm³/mol. The van der Waals surface area contributed by atoms with E-state index in [1.165, 1.54) is 199 Å². The van der Waals surface area contributed by atoms with E-state index in [0.29, 0.717) is 31.6 Å². The smallest absolute Gasteiger partial charge is 0.462 e. The fraction of sp³-hybridized carbons (Fsp3) is 0.949. The lowest BCUT2D eigenvalue weighted by Crippen LogP contribution is -2.30. The summed E-state index contributed by atoms with van der Waals surface area (Å²) >= 11 is 0. The van der Waals surface area contributed by atoms with Gasteiger partial charge in [0.15, 0.2) is 12.2 Å². The SMILES string of the molecule is CCC(C)CCCCCCCCCCCCCCCCC(=O)O[C@H](COC(=O)CCCCCCCCCCCCC(C)C)COP(=O)(O)OCC(O)COP(=O)(O)OC[C@@H](COC(=O)CCCCCCCCC(C)C)OC(=O)CCCCCCCCCCCCCCCCCC(C)C. The van der Waals surface area contributed by atoms with E-state index in [2.05, 4.69) is 55.4 Å². The summed E-state index contributed by atoms with van der Waals surface area (Å²) in [6, 6.07) is 0. The molecule has 0 aromatic carbocycles. The Morgan fingerprint density at radius 1 is 0.286 bits per heavy atom. The van der Waals surface area contributed by atoms with E-state index in [0.717, 1.165) is 114 Å². The lowest BCUT2D eigenvalue weighted by atomic mass is 9.99. The monoisotopic (exact) mass is 1440 g/mol. The summed E-state index contributed by atoms with van der Waals surface area (Å²) in [6.07, 6.45) is 54.2. The van der Waals surface area contributed by atoms with E-state index in [1.54, 1.807) is 0 Å². The molecule has 0 saturated heterocycles. The van der Waals surface area contributed by atoms with Crippen LogP contribution in [0.25, 0.3) is 0 Å². The molecule has 582 valence electrons. The van der Waals surface area contributed by atoms with Crippen LogP contribution >= 0.6 is 15.6 Å². The summed E-state index contributed by atoms with van der Waals surface area (Å²) in [7, 11) is -9.92. The number of hydrogen-bond donors (Lipinski definition) is 3. The second-order valence-corrected chi connectivity index (χ2v) is 33.0. The van der Waals surface area contributed by atoms with Crippen molar-refractivity contribution in [2.24, 2.45) is 23.7 Å². The minimum absolute atomic E-state index is 0.106. The number of phosphoric acid groups is 2. The van der Waals surface area contributed by atoms with E-state index >= 15 is 0 Å². The molecule has 0 radical (unpaired) electrons. The zero-order valence-electron chi connectivity index (χ0n) is 64.4. The molecule has 0 saturated carbocycles. The van der Waals surface area contributed by atoms with Gasteiger partial charge in [-0.2, -0.15) is 0 Å². The number of aliphatic hydroxyl groups excluding tert-OH is 1. The third-order valence-electron chi connectivity index (χ3n) is 18.7. The molecule has 6 atom stereocenters. The Labute approximate surface area is 600 Å². The minimum atomic E-state index is -4.96. The number of unbranched alkanes of at least 4 members (excludes halogenated alkanes) is 41. The maximum atomic E-state index is 13.1. The van der Waals surface area contributed by atoms with Crippen LogP contribution in [0.15, 0.2) is 0 Å². The molecule has 19 heteroatoms. The van der Waals surface area contributed by atoms with Crippen molar-refractivity contribution in [3.63, 3.8) is 0 Å². The molecule has 98 heavy (non-hydrogen) atoms. The Morgan fingerprint density at radius 3 is 0.724 bits per heavy atom. The van der Waals surface area contributed by atoms with Crippen molar-refractivity contribution in [1.82, 2.24) is 0 Å². The van der Waals surface area contributed by atoms with Gasteiger partial charge in [0.1, 0.15) is 19.3 Å².